The Balaban J connectivity index is 0.000000106. The second-order valence-electron chi connectivity index (χ2n) is 28.9. The van der Waals surface area contributed by atoms with Gasteiger partial charge in [-0.1, -0.05) is 340 Å². The van der Waals surface area contributed by atoms with Gasteiger partial charge in [0.25, 0.3) is 0 Å². The minimum atomic E-state index is 0.744. The van der Waals surface area contributed by atoms with Gasteiger partial charge >= 0.3 is 0 Å². The molecule has 0 unspecified atom stereocenters. The zero-order valence-corrected chi connectivity index (χ0v) is 65.4. The fourth-order valence-corrected chi connectivity index (χ4v) is 20.5. The summed E-state index contributed by atoms with van der Waals surface area (Å²) >= 11 is 6.90. The molecule has 0 fully saturated rings. The molecular weight excluding hydrogens is 1490 g/mol. The first-order valence-electron chi connectivity index (χ1n) is 38.6. The molecule has 542 valence electrons. The Kier molecular flexibility index (Phi) is 17.2. The van der Waals surface area contributed by atoms with E-state index in [1.54, 1.807) is 45.3 Å². The molecule has 17 aromatic carbocycles. The van der Waals surface area contributed by atoms with Gasteiger partial charge in [-0.15, -0.1) is 45.3 Å². The minimum Gasteiger partial charge on any atom is -0.236 e. The number of rotatable bonds is 9. The van der Waals surface area contributed by atoms with E-state index in [2.05, 4.69) is 358 Å². The van der Waals surface area contributed by atoms with Crippen LogP contribution in [-0.4, -0.2) is 34.9 Å². The maximum atomic E-state index is 5.17. The van der Waals surface area contributed by atoms with Crippen LogP contribution in [0.2, 0.25) is 0 Å². The molecule has 0 amide bonds. The van der Waals surface area contributed by atoms with Crippen molar-refractivity contribution < 1.29 is 0 Å². The summed E-state index contributed by atoms with van der Waals surface area (Å²) in [6.07, 6.45) is 0. The Hall–Kier alpha value is -14.2. The SMILES string of the molecule is c1ccc(-c2nc(-c3ccc(-c4ccc5c(ccc6ccccc65)c4)cc3)nc3sc4ccccc4c23)cc1.c1ccc(-c2nc(-c3ccc(-c4ccc5c6ccccc6c6ccccc6c5c4)cc3)nc3sc4ccccc4c23)cc1.c1ccc(-c2nc(-c3ccc(-c4nc5ccccc5s4)cc3)nc3sc4ccccc4c23)cc1. The summed E-state index contributed by atoms with van der Waals surface area (Å²) in [6, 6.07) is 135. The van der Waals surface area contributed by atoms with Gasteiger partial charge in [0.2, 0.25) is 0 Å². The highest BCUT2D eigenvalue weighted by Gasteiger charge is 2.22. The lowest BCUT2D eigenvalue weighted by Gasteiger charge is -2.12. The summed E-state index contributed by atoms with van der Waals surface area (Å²) in [6.45, 7) is 0. The van der Waals surface area contributed by atoms with Crippen LogP contribution in [0.1, 0.15) is 0 Å². The van der Waals surface area contributed by atoms with Gasteiger partial charge in [0.1, 0.15) is 19.5 Å². The molecule has 24 rings (SSSR count). The van der Waals surface area contributed by atoms with E-state index < -0.39 is 0 Å². The van der Waals surface area contributed by atoms with Gasteiger partial charge in [-0.2, -0.15) is 0 Å². The molecule has 7 heterocycles. The van der Waals surface area contributed by atoms with Gasteiger partial charge < -0.3 is 0 Å². The number of thiophene rings is 3. The van der Waals surface area contributed by atoms with Crippen molar-refractivity contribution >= 4 is 170 Å². The van der Waals surface area contributed by atoms with Crippen LogP contribution in [0.15, 0.2) is 382 Å². The fraction of sp³-hybridized carbons (Fsp3) is 0. The molecule has 0 saturated heterocycles. The van der Waals surface area contributed by atoms with Crippen molar-refractivity contribution in [1.82, 2.24) is 34.9 Å². The quantitative estimate of drug-likeness (QED) is 0.133. The topological polar surface area (TPSA) is 90.2 Å². The van der Waals surface area contributed by atoms with Gasteiger partial charge in [0.15, 0.2) is 17.5 Å². The van der Waals surface area contributed by atoms with Crippen LogP contribution in [0.4, 0.5) is 0 Å². The highest BCUT2D eigenvalue weighted by atomic mass is 32.1. The van der Waals surface area contributed by atoms with E-state index in [0.29, 0.717) is 0 Å². The predicted molar refractivity (Wildman–Crippen MR) is 494 cm³/mol. The third-order valence-electron chi connectivity index (χ3n) is 22.0. The van der Waals surface area contributed by atoms with Crippen LogP contribution >= 0.6 is 45.3 Å². The predicted octanol–water partition coefficient (Wildman–Crippen LogP) is 29.9. The van der Waals surface area contributed by atoms with E-state index in [1.807, 2.05) is 24.3 Å². The molecule has 0 bridgehead atoms. The molecule has 0 atom stereocenters. The van der Waals surface area contributed by atoms with Crippen LogP contribution in [-0.2, 0) is 0 Å². The van der Waals surface area contributed by atoms with Crippen molar-refractivity contribution in [2.75, 3.05) is 0 Å². The number of aromatic nitrogens is 7. The summed E-state index contributed by atoms with van der Waals surface area (Å²) < 4.78 is 4.89. The molecule has 0 radical (unpaired) electrons. The highest BCUT2D eigenvalue weighted by molar-refractivity contribution is 7.26. The van der Waals surface area contributed by atoms with Crippen molar-refractivity contribution in [1.29, 1.82) is 0 Å². The Bertz CT molecular complexity index is 7870. The summed E-state index contributed by atoms with van der Waals surface area (Å²) in [5.74, 6) is 2.25. The van der Waals surface area contributed by atoms with E-state index in [0.717, 1.165) is 115 Å². The van der Waals surface area contributed by atoms with Crippen LogP contribution in [0.25, 0.3) is 226 Å². The second kappa shape index (κ2) is 29.1. The van der Waals surface area contributed by atoms with Crippen molar-refractivity contribution in [2.45, 2.75) is 0 Å². The molecule has 7 nitrogen and oxygen atoms in total. The maximum absolute atomic E-state index is 5.17. The van der Waals surface area contributed by atoms with Crippen LogP contribution in [0.3, 0.4) is 0 Å². The Morgan fingerprint density at radius 3 is 0.914 bits per heavy atom. The average molecular weight is 1550 g/mol. The van der Waals surface area contributed by atoms with Gasteiger partial charge in [0.05, 0.1) is 27.3 Å². The minimum absolute atomic E-state index is 0.744. The van der Waals surface area contributed by atoms with E-state index in [4.69, 9.17) is 34.9 Å². The number of para-hydroxylation sites is 1. The Morgan fingerprint density at radius 2 is 0.474 bits per heavy atom. The zero-order chi connectivity index (χ0) is 76.6. The van der Waals surface area contributed by atoms with Crippen molar-refractivity contribution in [3.63, 3.8) is 0 Å². The first-order valence-corrected chi connectivity index (χ1v) is 41.9. The number of hydrogen-bond donors (Lipinski definition) is 0. The second-order valence-corrected chi connectivity index (χ2v) is 33.0. The first kappa shape index (κ1) is 68.6. The summed E-state index contributed by atoms with van der Waals surface area (Å²) in [7, 11) is 0. The standard InChI is InChI=1S/C40H24N2S.C36H22N2S.C29H17N3S2/c1-2-10-26(11-3-1)38-37-34-16-8-9-17-36(34)43-40(37)42-39(41-38)27-20-18-25(19-21-27)28-22-23-33-31-14-5-4-12-29(31)30-13-6-7-15-32(30)35(33)24-28;1-2-9-25(10-3-1)34-33-31-12-6-7-13-32(31)39-36(33)38-35(37-34)26-17-14-23(15-18-26)27-20-21-30-28(22-27)19-16-24-8-4-5-11-29(24)30;1-2-8-18(9-3-1)26-25-21-10-4-6-12-23(21)33-29(25)32-27(31-26)19-14-16-20(17-15-19)28-30-22-11-5-7-13-24(22)34-28/h1-24H;1-22H;1-17H. The summed E-state index contributed by atoms with van der Waals surface area (Å²) in [5, 5.41) is 20.9. The van der Waals surface area contributed by atoms with E-state index in [1.165, 1.54) is 111 Å². The number of benzene rings is 17. The monoisotopic (exact) mass is 1550 g/mol. The van der Waals surface area contributed by atoms with Crippen LogP contribution in [0, 0.1) is 0 Å². The molecule has 0 saturated carbocycles. The van der Waals surface area contributed by atoms with Crippen molar-refractivity contribution in [3.8, 4) is 101 Å². The van der Waals surface area contributed by atoms with Gasteiger partial charge in [-0.3, -0.25) is 0 Å². The Morgan fingerprint density at radius 1 is 0.164 bits per heavy atom. The zero-order valence-electron chi connectivity index (χ0n) is 62.1. The normalized spacial score (nSPS) is 11.6. The lowest BCUT2D eigenvalue weighted by molar-refractivity contribution is 1.24. The van der Waals surface area contributed by atoms with Gasteiger partial charge in [0, 0.05) is 85.4 Å². The molecule has 24 aromatic rings. The average Bonchev–Trinajstić information content (AvgIpc) is 1.75. The molecule has 0 N–H and O–H groups in total. The number of thiazole rings is 1. The number of fused-ring (bicyclic) bond motifs is 19. The Labute approximate surface area is 682 Å². The van der Waals surface area contributed by atoms with E-state index in [9.17, 15) is 0 Å². The summed E-state index contributed by atoms with van der Waals surface area (Å²) in [5.41, 5.74) is 16.2. The molecule has 0 spiro atoms. The number of nitrogens with zero attached hydrogens (tertiary/aromatic N) is 7. The van der Waals surface area contributed by atoms with Crippen LogP contribution in [0.5, 0.6) is 0 Å². The van der Waals surface area contributed by atoms with Crippen LogP contribution < -0.4 is 0 Å². The first-order chi connectivity index (χ1) is 57.5. The molecule has 0 aliphatic carbocycles. The van der Waals surface area contributed by atoms with E-state index in [-0.39, 0.29) is 0 Å². The third kappa shape index (κ3) is 12.5. The molecule has 116 heavy (non-hydrogen) atoms. The maximum Gasteiger partial charge on any atom is 0.161 e. The van der Waals surface area contributed by atoms with Gasteiger partial charge in [-0.05, 0) is 119 Å². The highest BCUT2D eigenvalue weighted by Crippen LogP contribution is 2.45. The lowest BCUT2D eigenvalue weighted by Crippen LogP contribution is -1.93. The molecule has 11 heteroatoms. The smallest absolute Gasteiger partial charge is 0.161 e. The third-order valence-corrected chi connectivity index (χ3v) is 26.3. The number of hydrogen-bond acceptors (Lipinski definition) is 11. The fourth-order valence-electron chi connectivity index (χ4n) is 16.3. The molecular formula is C105H63N7S4. The van der Waals surface area contributed by atoms with Crippen molar-refractivity contribution in [3.05, 3.63) is 382 Å². The molecule has 7 aromatic heterocycles. The largest absolute Gasteiger partial charge is 0.236 e. The molecule has 0 aliphatic heterocycles. The molecule has 0 aliphatic rings. The van der Waals surface area contributed by atoms with E-state index >= 15 is 0 Å². The van der Waals surface area contributed by atoms with Gasteiger partial charge in [-0.25, -0.2) is 34.9 Å². The lowest BCUT2D eigenvalue weighted by atomic mass is 9.92. The van der Waals surface area contributed by atoms with Crippen molar-refractivity contribution in [2.24, 2.45) is 0 Å². The summed E-state index contributed by atoms with van der Waals surface area (Å²) in [4.78, 5) is 38.4.